The van der Waals surface area contributed by atoms with Crippen molar-refractivity contribution in [2.75, 3.05) is 5.73 Å². The summed E-state index contributed by atoms with van der Waals surface area (Å²) in [5.41, 5.74) is 6.35. The molecular weight excluding hydrogens is 271 g/mol. The van der Waals surface area contributed by atoms with E-state index in [1.807, 2.05) is 0 Å². The fraction of sp³-hybridized carbons (Fsp3) is 0.133. The lowest BCUT2D eigenvalue weighted by Crippen LogP contribution is -2.23. The molecule has 0 saturated carbocycles. The van der Waals surface area contributed by atoms with E-state index in [2.05, 4.69) is 15.3 Å². The number of nitrogens with one attached hydrogen (secondary N) is 1. The van der Waals surface area contributed by atoms with Gasteiger partial charge in [0, 0.05) is 12.6 Å². The SMILES string of the molecule is Nc1ccnc(CNC(=O)CC=Cc2ccc(F)cc2)n1. The van der Waals surface area contributed by atoms with Gasteiger partial charge in [-0.3, -0.25) is 4.79 Å². The van der Waals surface area contributed by atoms with Crippen molar-refractivity contribution in [1.29, 1.82) is 0 Å². The number of halogens is 1. The minimum atomic E-state index is -0.285. The summed E-state index contributed by atoms with van der Waals surface area (Å²) >= 11 is 0. The molecule has 0 radical (unpaired) electrons. The molecule has 5 nitrogen and oxygen atoms in total. The summed E-state index contributed by atoms with van der Waals surface area (Å²) in [6, 6.07) is 7.61. The van der Waals surface area contributed by atoms with Gasteiger partial charge < -0.3 is 11.1 Å². The molecule has 0 aliphatic heterocycles. The van der Waals surface area contributed by atoms with Crippen LogP contribution in [0.4, 0.5) is 10.2 Å². The lowest BCUT2D eigenvalue weighted by Gasteiger charge is -2.02. The second kappa shape index (κ2) is 7.14. The molecule has 0 aliphatic carbocycles. The Hall–Kier alpha value is -2.76. The summed E-state index contributed by atoms with van der Waals surface area (Å²) in [6.45, 7) is 0.230. The van der Waals surface area contributed by atoms with Gasteiger partial charge in [0.2, 0.25) is 5.91 Å². The Bertz CT molecular complexity index is 640. The molecule has 108 valence electrons. The van der Waals surface area contributed by atoms with Crippen LogP contribution >= 0.6 is 0 Å². The monoisotopic (exact) mass is 286 g/mol. The number of benzene rings is 1. The first kappa shape index (κ1) is 14.6. The average Bonchev–Trinajstić information content (AvgIpc) is 2.47. The highest BCUT2D eigenvalue weighted by Crippen LogP contribution is 2.05. The van der Waals surface area contributed by atoms with Crippen LogP contribution in [0.2, 0.25) is 0 Å². The molecule has 2 rings (SSSR count). The number of carbonyl (C=O) groups excluding carboxylic acids is 1. The lowest BCUT2D eigenvalue weighted by atomic mass is 10.2. The Labute approximate surface area is 121 Å². The lowest BCUT2D eigenvalue weighted by molar-refractivity contribution is -0.120. The number of nitrogens with two attached hydrogens (primary N) is 1. The van der Waals surface area contributed by atoms with E-state index in [-0.39, 0.29) is 24.7 Å². The van der Waals surface area contributed by atoms with Gasteiger partial charge in [0.1, 0.15) is 17.5 Å². The zero-order valence-corrected chi connectivity index (χ0v) is 11.3. The van der Waals surface area contributed by atoms with E-state index < -0.39 is 0 Å². The zero-order valence-electron chi connectivity index (χ0n) is 11.3. The van der Waals surface area contributed by atoms with Crippen LogP contribution in [-0.4, -0.2) is 15.9 Å². The Balaban J connectivity index is 1.78. The van der Waals surface area contributed by atoms with E-state index in [0.717, 1.165) is 5.56 Å². The van der Waals surface area contributed by atoms with Gasteiger partial charge in [-0.05, 0) is 23.8 Å². The smallest absolute Gasteiger partial charge is 0.224 e. The van der Waals surface area contributed by atoms with Gasteiger partial charge in [0.15, 0.2) is 0 Å². The maximum Gasteiger partial charge on any atom is 0.224 e. The van der Waals surface area contributed by atoms with Crippen molar-refractivity contribution in [3.8, 4) is 0 Å². The van der Waals surface area contributed by atoms with Gasteiger partial charge in [-0.1, -0.05) is 24.3 Å². The third-order valence-corrected chi connectivity index (χ3v) is 2.65. The zero-order chi connectivity index (χ0) is 15.1. The maximum absolute atomic E-state index is 12.7. The molecule has 6 heteroatoms. The molecule has 0 bridgehead atoms. The van der Waals surface area contributed by atoms with Crippen LogP contribution in [0, 0.1) is 5.82 Å². The average molecular weight is 286 g/mol. The first-order valence-corrected chi connectivity index (χ1v) is 6.40. The van der Waals surface area contributed by atoms with Crippen molar-refractivity contribution in [1.82, 2.24) is 15.3 Å². The quantitative estimate of drug-likeness (QED) is 0.880. The van der Waals surface area contributed by atoms with Crippen molar-refractivity contribution in [2.45, 2.75) is 13.0 Å². The minimum Gasteiger partial charge on any atom is -0.384 e. The third-order valence-electron chi connectivity index (χ3n) is 2.65. The van der Waals surface area contributed by atoms with Gasteiger partial charge in [-0.25, -0.2) is 14.4 Å². The third kappa shape index (κ3) is 5.02. The number of hydrogen-bond donors (Lipinski definition) is 2. The van der Waals surface area contributed by atoms with E-state index in [0.29, 0.717) is 11.6 Å². The molecule has 0 unspecified atom stereocenters. The molecule has 1 aromatic carbocycles. The number of rotatable bonds is 5. The Morgan fingerprint density at radius 1 is 1.29 bits per heavy atom. The van der Waals surface area contributed by atoms with Crippen molar-refractivity contribution >= 4 is 17.8 Å². The predicted molar refractivity (Wildman–Crippen MR) is 78.3 cm³/mol. The largest absolute Gasteiger partial charge is 0.384 e. The number of anilines is 1. The number of nitrogen functional groups attached to an aromatic ring is 1. The Morgan fingerprint density at radius 3 is 2.76 bits per heavy atom. The van der Waals surface area contributed by atoms with Gasteiger partial charge in [0.05, 0.1) is 6.54 Å². The Kier molecular flexibility index (Phi) is 4.98. The van der Waals surface area contributed by atoms with Crippen molar-refractivity contribution in [2.24, 2.45) is 0 Å². The van der Waals surface area contributed by atoms with Crippen molar-refractivity contribution < 1.29 is 9.18 Å². The fourth-order valence-electron chi connectivity index (χ4n) is 1.63. The van der Waals surface area contributed by atoms with E-state index in [1.165, 1.54) is 18.3 Å². The highest BCUT2D eigenvalue weighted by Gasteiger charge is 2.01. The van der Waals surface area contributed by atoms with Crippen LogP contribution in [0.25, 0.3) is 6.08 Å². The first-order valence-electron chi connectivity index (χ1n) is 6.40. The second-order valence-electron chi connectivity index (χ2n) is 4.33. The summed E-state index contributed by atoms with van der Waals surface area (Å²) < 4.78 is 12.7. The molecule has 3 N–H and O–H groups in total. The number of hydrogen-bond acceptors (Lipinski definition) is 4. The molecule has 1 heterocycles. The van der Waals surface area contributed by atoms with Crippen molar-refractivity contribution in [3.63, 3.8) is 0 Å². The second-order valence-corrected chi connectivity index (χ2v) is 4.33. The summed E-state index contributed by atoms with van der Waals surface area (Å²) in [5.74, 6) is 0.391. The number of carbonyl (C=O) groups is 1. The van der Waals surface area contributed by atoms with Crippen LogP contribution in [0.5, 0.6) is 0 Å². The minimum absolute atomic E-state index is 0.153. The fourth-order valence-corrected chi connectivity index (χ4v) is 1.63. The summed E-state index contributed by atoms with van der Waals surface area (Å²) in [4.78, 5) is 19.6. The highest BCUT2D eigenvalue weighted by atomic mass is 19.1. The summed E-state index contributed by atoms with van der Waals surface area (Å²) in [6.07, 6.45) is 5.23. The predicted octanol–water partition coefficient (Wildman–Crippen LogP) is 1.92. The number of nitrogens with zero attached hydrogens (tertiary/aromatic N) is 2. The Morgan fingerprint density at radius 2 is 2.05 bits per heavy atom. The summed E-state index contributed by atoms with van der Waals surface area (Å²) in [7, 11) is 0. The standard InChI is InChI=1S/C15H15FN4O/c16-12-6-4-11(5-7-12)2-1-3-15(21)19-10-14-18-9-8-13(17)20-14/h1-2,4-9H,3,10H2,(H,19,21)(H2,17,18,20). The maximum atomic E-state index is 12.7. The van der Waals surface area contributed by atoms with Crippen LogP contribution in [0.3, 0.4) is 0 Å². The molecule has 0 saturated heterocycles. The highest BCUT2D eigenvalue weighted by molar-refractivity contribution is 5.78. The van der Waals surface area contributed by atoms with E-state index in [4.69, 9.17) is 5.73 Å². The van der Waals surface area contributed by atoms with Gasteiger partial charge in [-0.2, -0.15) is 0 Å². The number of amides is 1. The normalized spacial score (nSPS) is 10.7. The molecule has 0 spiro atoms. The number of aromatic nitrogens is 2. The molecular formula is C15H15FN4O. The van der Waals surface area contributed by atoms with E-state index >= 15 is 0 Å². The molecule has 0 fully saturated rings. The first-order chi connectivity index (χ1) is 10.1. The molecule has 2 aromatic rings. The summed E-state index contributed by atoms with van der Waals surface area (Å²) in [5, 5.41) is 2.69. The van der Waals surface area contributed by atoms with Gasteiger partial charge in [-0.15, -0.1) is 0 Å². The van der Waals surface area contributed by atoms with Crippen LogP contribution in [-0.2, 0) is 11.3 Å². The van der Waals surface area contributed by atoms with E-state index in [1.54, 1.807) is 30.4 Å². The van der Waals surface area contributed by atoms with Crippen LogP contribution < -0.4 is 11.1 Å². The van der Waals surface area contributed by atoms with E-state index in [9.17, 15) is 9.18 Å². The van der Waals surface area contributed by atoms with Gasteiger partial charge >= 0.3 is 0 Å². The molecule has 21 heavy (non-hydrogen) atoms. The topological polar surface area (TPSA) is 80.9 Å². The van der Waals surface area contributed by atoms with Crippen molar-refractivity contribution in [3.05, 3.63) is 59.8 Å². The molecule has 1 aromatic heterocycles. The molecule has 1 amide bonds. The van der Waals surface area contributed by atoms with Gasteiger partial charge in [0.25, 0.3) is 0 Å². The molecule has 0 aliphatic rings. The van der Waals surface area contributed by atoms with Crippen LogP contribution in [0.15, 0.2) is 42.6 Å². The molecule has 0 atom stereocenters. The van der Waals surface area contributed by atoms with Crippen LogP contribution in [0.1, 0.15) is 17.8 Å².